The maximum Gasteiger partial charge on any atom is 0.192 e. The van der Waals surface area contributed by atoms with Crippen LogP contribution in [-0.4, -0.2) is 23.4 Å². The Bertz CT molecular complexity index is 480. The molecule has 1 heterocycles. The molecule has 1 fully saturated rings. The number of aryl methyl sites for hydroxylation is 2. The first kappa shape index (κ1) is 12.5. The highest BCUT2D eigenvalue weighted by molar-refractivity contribution is 5.81. The van der Waals surface area contributed by atoms with Crippen molar-refractivity contribution in [1.29, 1.82) is 0 Å². The van der Waals surface area contributed by atoms with Crippen molar-refractivity contribution in [3.63, 3.8) is 0 Å². The molecule has 3 nitrogen and oxygen atoms in total. The summed E-state index contributed by atoms with van der Waals surface area (Å²) in [5.74, 6) is 0.750. The van der Waals surface area contributed by atoms with Gasteiger partial charge in [0.1, 0.15) is 0 Å². The predicted octanol–water partition coefficient (Wildman–Crippen LogP) is 2.92. The number of aliphatic imine (C=N–C) groups is 1. The Morgan fingerprint density at radius 2 is 1.79 bits per heavy atom. The summed E-state index contributed by atoms with van der Waals surface area (Å²) in [7, 11) is 0. The Morgan fingerprint density at radius 1 is 1.16 bits per heavy atom. The summed E-state index contributed by atoms with van der Waals surface area (Å²) >= 11 is 0. The van der Waals surface area contributed by atoms with Crippen LogP contribution in [0.5, 0.6) is 0 Å². The highest BCUT2D eigenvalue weighted by Gasteiger charge is 2.35. The molecular weight excluding hydrogens is 234 g/mol. The summed E-state index contributed by atoms with van der Waals surface area (Å²) in [6.45, 7) is 5.21. The zero-order chi connectivity index (χ0) is 13.4. The predicted molar refractivity (Wildman–Crippen MR) is 79.2 cm³/mol. The molecule has 3 rings (SSSR count). The second-order valence-electron chi connectivity index (χ2n) is 5.87. The van der Waals surface area contributed by atoms with Gasteiger partial charge in [0.15, 0.2) is 5.96 Å². The molecule has 102 valence electrons. The average molecular weight is 257 g/mol. The van der Waals surface area contributed by atoms with Crippen LogP contribution in [0.1, 0.15) is 48.4 Å². The van der Waals surface area contributed by atoms with Crippen molar-refractivity contribution in [3.05, 3.63) is 34.9 Å². The molecule has 0 bridgehead atoms. The first-order valence-electron chi connectivity index (χ1n) is 7.33. The van der Waals surface area contributed by atoms with Crippen LogP contribution in [0.3, 0.4) is 0 Å². The molecule has 0 saturated heterocycles. The van der Waals surface area contributed by atoms with E-state index >= 15 is 0 Å². The van der Waals surface area contributed by atoms with E-state index in [1.165, 1.54) is 42.4 Å². The van der Waals surface area contributed by atoms with Gasteiger partial charge in [-0.3, -0.25) is 4.99 Å². The number of hydrogen-bond acceptors (Lipinski definition) is 3. The number of nitrogens with two attached hydrogens (primary N) is 1. The number of guanidine groups is 1. The van der Waals surface area contributed by atoms with E-state index in [4.69, 9.17) is 5.73 Å². The topological polar surface area (TPSA) is 41.6 Å². The molecule has 1 saturated carbocycles. The third-order valence-electron chi connectivity index (χ3n) is 4.62. The van der Waals surface area contributed by atoms with Gasteiger partial charge in [0.05, 0.1) is 12.6 Å². The second kappa shape index (κ2) is 4.87. The SMILES string of the molecule is Cc1cccc(C)c1C1CN=C(N)N1C1CCCC1. The van der Waals surface area contributed by atoms with Crippen LogP contribution in [0.2, 0.25) is 0 Å². The summed E-state index contributed by atoms with van der Waals surface area (Å²) < 4.78 is 0. The molecule has 2 aliphatic rings. The average Bonchev–Trinajstić information content (AvgIpc) is 2.99. The van der Waals surface area contributed by atoms with E-state index in [0.717, 1.165) is 12.5 Å². The van der Waals surface area contributed by atoms with E-state index in [9.17, 15) is 0 Å². The van der Waals surface area contributed by atoms with E-state index in [1.807, 2.05) is 0 Å². The van der Waals surface area contributed by atoms with E-state index in [2.05, 4.69) is 41.9 Å². The normalized spacial score (nSPS) is 24.0. The lowest BCUT2D eigenvalue weighted by atomic mass is 9.94. The van der Waals surface area contributed by atoms with Gasteiger partial charge in [0, 0.05) is 6.04 Å². The van der Waals surface area contributed by atoms with Crippen molar-refractivity contribution in [2.45, 2.75) is 51.6 Å². The second-order valence-corrected chi connectivity index (χ2v) is 5.87. The zero-order valence-corrected chi connectivity index (χ0v) is 11.9. The van der Waals surface area contributed by atoms with Gasteiger partial charge >= 0.3 is 0 Å². The fraction of sp³-hybridized carbons (Fsp3) is 0.562. The van der Waals surface area contributed by atoms with Crippen molar-refractivity contribution in [2.75, 3.05) is 6.54 Å². The van der Waals surface area contributed by atoms with Crippen LogP contribution in [-0.2, 0) is 0 Å². The molecule has 1 aromatic carbocycles. The van der Waals surface area contributed by atoms with Crippen molar-refractivity contribution in [3.8, 4) is 0 Å². The van der Waals surface area contributed by atoms with Crippen molar-refractivity contribution >= 4 is 5.96 Å². The minimum Gasteiger partial charge on any atom is -0.370 e. The smallest absolute Gasteiger partial charge is 0.192 e. The Labute approximate surface area is 115 Å². The highest BCUT2D eigenvalue weighted by Crippen LogP contribution is 2.36. The third kappa shape index (κ3) is 2.11. The van der Waals surface area contributed by atoms with E-state index in [1.54, 1.807) is 0 Å². The summed E-state index contributed by atoms with van der Waals surface area (Å²) in [5.41, 5.74) is 10.3. The van der Waals surface area contributed by atoms with Crippen LogP contribution >= 0.6 is 0 Å². The number of rotatable bonds is 2. The molecule has 1 aliphatic carbocycles. The third-order valence-corrected chi connectivity index (χ3v) is 4.62. The van der Waals surface area contributed by atoms with Crippen molar-refractivity contribution in [1.82, 2.24) is 4.90 Å². The molecule has 3 heteroatoms. The molecule has 1 aliphatic heterocycles. The number of benzene rings is 1. The molecule has 0 radical (unpaired) electrons. The van der Waals surface area contributed by atoms with Crippen LogP contribution in [0, 0.1) is 13.8 Å². The van der Waals surface area contributed by atoms with Gasteiger partial charge in [0.2, 0.25) is 0 Å². The van der Waals surface area contributed by atoms with E-state index in [0.29, 0.717) is 12.1 Å². The molecule has 0 aromatic heterocycles. The number of nitrogens with zero attached hydrogens (tertiary/aromatic N) is 2. The van der Waals surface area contributed by atoms with Crippen LogP contribution in [0.15, 0.2) is 23.2 Å². The maximum absolute atomic E-state index is 6.16. The minimum absolute atomic E-state index is 0.351. The first-order valence-corrected chi connectivity index (χ1v) is 7.33. The first-order chi connectivity index (χ1) is 9.18. The van der Waals surface area contributed by atoms with E-state index < -0.39 is 0 Å². The maximum atomic E-state index is 6.16. The molecule has 1 atom stereocenters. The fourth-order valence-corrected chi connectivity index (χ4v) is 3.72. The molecule has 1 aromatic rings. The van der Waals surface area contributed by atoms with Gasteiger partial charge in [-0.05, 0) is 43.4 Å². The molecule has 0 spiro atoms. The fourth-order valence-electron chi connectivity index (χ4n) is 3.72. The monoisotopic (exact) mass is 257 g/mol. The zero-order valence-electron chi connectivity index (χ0n) is 11.9. The summed E-state index contributed by atoms with van der Waals surface area (Å²) in [4.78, 5) is 6.91. The lowest BCUT2D eigenvalue weighted by Crippen LogP contribution is -2.42. The largest absolute Gasteiger partial charge is 0.370 e. The van der Waals surface area contributed by atoms with E-state index in [-0.39, 0.29) is 0 Å². The standard InChI is InChI=1S/C16H23N3/c1-11-6-5-7-12(2)15(11)14-10-18-16(17)19(14)13-8-3-4-9-13/h5-7,13-14H,3-4,8-10H2,1-2H3,(H2,17,18). The molecule has 19 heavy (non-hydrogen) atoms. The number of hydrogen-bond donors (Lipinski definition) is 1. The Hall–Kier alpha value is -1.51. The summed E-state index contributed by atoms with van der Waals surface area (Å²) in [6.07, 6.45) is 5.18. The Balaban J connectivity index is 1.95. The van der Waals surface area contributed by atoms with Gasteiger partial charge in [0.25, 0.3) is 0 Å². The lowest BCUT2D eigenvalue weighted by Gasteiger charge is -2.33. The molecule has 0 amide bonds. The summed E-state index contributed by atoms with van der Waals surface area (Å²) in [5, 5.41) is 0. The van der Waals surface area contributed by atoms with Gasteiger partial charge < -0.3 is 10.6 Å². The molecule has 2 N–H and O–H groups in total. The molecule has 1 unspecified atom stereocenters. The van der Waals surface area contributed by atoms with Crippen LogP contribution < -0.4 is 5.73 Å². The van der Waals surface area contributed by atoms with Crippen molar-refractivity contribution in [2.24, 2.45) is 10.7 Å². The quantitative estimate of drug-likeness (QED) is 0.885. The van der Waals surface area contributed by atoms with Gasteiger partial charge in [-0.15, -0.1) is 0 Å². The van der Waals surface area contributed by atoms with Crippen LogP contribution in [0.4, 0.5) is 0 Å². The summed E-state index contributed by atoms with van der Waals surface area (Å²) in [6, 6.07) is 7.47. The van der Waals surface area contributed by atoms with Crippen molar-refractivity contribution < 1.29 is 0 Å². The van der Waals surface area contributed by atoms with Crippen LogP contribution in [0.25, 0.3) is 0 Å². The molecular formula is C16H23N3. The minimum atomic E-state index is 0.351. The van der Waals surface area contributed by atoms with Gasteiger partial charge in [-0.1, -0.05) is 31.0 Å². The van der Waals surface area contributed by atoms with Gasteiger partial charge in [-0.25, -0.2) is 0 Å². The Morgan fingerprint density at radius 3 is 2.42 bits per heavy atom. The lowest BCUT2D eigenvalue weighted by molar-refractivity contribution is 0.261. The highest BCUT2D eigenvalue weighted by atomic mass is 15.3. The van der Waals surface area contributed by atoms with Gasteiger partial charge in [-0.2, -0.15) is 0 Å². The Kier molecular flexibility index (Phi) is 3.21.